The van der Waals surface area contributed by atoms with E-state index < -0.39 is 0 Å². The number of nitrogens with zero attached hydrogens (tertiary/aromatic N) is 4. The topological polar surface area (TPSA) is 65.5 Å². The maximum absolute atomic E-state index is 5.50. The Kier molecular flexibility index (Phi) is 3.62. The highest BCUT2D eigenvalue weighted by molar-refractivity contribution is 7.19. The number of ether oxygens (including phenoxy) is 1. The molecule has 3 aromatic heterocycles. The van der Waals surface area contributed by atoms with Gasteiger partial charge in [-0.2, -0.15) is 9.61 Å². The maximum atomic E-state index is 5.50. The van der Waals surface area contributed by atoms with Gasteiger partial charge in [-0.1, -0.05) is 24.0 Å². The number of hydrogen-bond acceptors (Lipinski definition) is 6. The Labute approximate surface area is 142 Å². The molecule has 0 aliphatic rings. The summed E-state index contributed by atoms with van der Waals surface area (Å²) in [5.74, 6) is 2.28. The van der Waals surface area contributed by atoms with E-state index in [9.17, 15) is 0 Å². The van der Waals surface area contributed by atoms with Crippen LogP contribution in [0.4, 0.5) is 0 Å². The van der Waals surface area contributed by atoms with Gasteiger partial charge in [0.25, 0.3) is 0 Å². The second-order valence-electron chi connectivity index (χ2n) is 5.14. The molecule has 0 aliphatic carbocycles. The Hall–Kier alpha value is -2.93. The van der Waals surface area contributed by atoms with Gasteiger partial charge >= 0.3 is 0 Å². The average molecular weight is 338 g/mol. The van der Waals surface area contributed by atoms with E-state index in [-0.39, 0.29) is 0 Å². The third-order valence-electron chi connectivity index (χ3n) is 3.56. The third-order valence-corrected chi connectivity index (χ3v) is 4.51. The van der Waals surface area contributed by atoms with E-state index in [0.717, 1.165) is 32.6 Å². The minimum atomic E-state index is 0.490. The van der Waals surface area contributed by atoms with E-state index in [0.29, 0.717) is 12.4 Å². The number of hydrogen-bond donors (Lipinski definition) is 0. The number of rotatable bonds is 5. The fourth-order valence-corrected chi connectivity index (χ4v) is 3.21. The van der Waals surface area contributed by atoms with Crippen LogP contribution in [-0.4, -0.2) is 26.4 Å². The molecule has 0 fully saturated rings. The molecule has 4 aromatic rings. The summed E-state index contributed by atoms with van der Waals surface area (Å²) in [6, 6.07) is 9.67. The van der Waals surface area contributed by atoms with Crippen molar-refractivity contribution in [1.82, 2.24) is 19.8 Å². The van der Waals surface area contributed by atoms with Crippen molar-refractivity contribution in [2.24, 2.45) is 0 Å². The minimum absolute atomic E-state index is 0.490. The summed E-state index contributed by atoms with van der Waals surface area (Å²) in [7, 11) is 0. The third kappa shape index (κ3) is 2.48. The molecule has 0 bridgehead atoms. The lowest BCUT2D eigenvalue weighted by molar-refractivity contribution is 0.363. The molecule has 24 heavy (non-hydrogen) atoms. The molecule has 0 saturated heterocycles. The number of benzene rings is 1. The Bertz CT molecular complexity index is 997. The molecule has 7 heteroatoms. The van der Waals surface area contributed by atoms with Gasteiger partial charge in [0.15, 0.2) is 5.82 Å². The van der Waals surface area contributed by atoms with Gasteiger partial charge in [0.05, 0.1) is 11.8 Å². The van der Waals surface area contributed by atoms with Gasteiger partial charge in [0.2, 0.25) is 4.96 Å². The molecular weight excluding hydrogens is 324 g/mol. The van der Waals surface area contributed by atoms with Crippen LogP contribution >= 0.6 is 11.3 Å². The maximum Gasteiger partial charge on any atom is 0.235 e. The fourth-order valence-electron chi connectivity index (χ4n) is 2.37. The summed E-state index contributed by atoms with van der Waals surface area (Å²) in [5, 5.41) is 13.9. The SMILES string of the molecule is C=CCOc1ccc(-c2nn3c(-c4ccoc4C)nnc3s2)cc1. The quantitative estimate of drug-likeness (QED) is 0.515. The van der Waals surface area contributed by atoms with Gasteiger partial charge in [-0.25, -0.2) is 0 Å². The zero-order valence-corrected chi connectivity index (χ0v) is 13.8. The lowest BCUT2D eigenvalue weighted by Crippen LogP contribution is -1.93. The highest BCUT2D eigenvalue weighted by Gasteiger charge is 2.17. The van der Waals surface area contributed by atoms with Crippen LogP contribution in [-0.2, 0) is 0 Å². The Morgan fingerprint density at radius 3 is 2.79 bits per heavy atom. The molecule has 1 aromatic carbocycles. The molecule has 0 unspecified atom stereocenters. The predicted molar refractivity (Wildman–Crippen MR) is 92.2 cm³/mol. The van der Waals surface area contributed by atoms with Crippen LogP contribution in [0.15, 0.2) is 53.7 Å². The van der Waals surface area contributed by atoms with Crippen molar-refractivity contribution < 1.29 is 9.15 Å². The van der Waals surface area contributed by atoms with Crippen molar-refractivity contribution in [2.75, 3.05) is 6.61 Å². The van der Waals surface area contributed by atoms with Gasteiger partial charge in [0.1, 0.15) is 23.1 Å². The van der Waals surface area contributed by atoms with Gasteiger partial charge in [-0.05, 0) is 37.3 Å². The van der Waals surface area contributed by atoms with Crippen LogP contribution in [0.5, 0.6) is 5.75 Å². The summed E-state index contributed by atoms with van der Waals surface area (Å²) in [6.07, 6.45) is 3.36. The number of fused-ring (bicyclic) bond motifs is 1. The molecule has 4 rings (SSSR count). The summed E-state index contributed by atoms with van der Waals surface area (Å²) in [6.45, 7) is 6.02. The summed E-state index contributed by atoms with van der Waals surface area (Å²) >= 11 is 1.49. The van der Waals surface area contributed by atoms with Crippen molar-refractivity contribution in [3.8, 4) is 27.7 Å². The van der Waals surface area contributed by atoms with Crippen LogP contribution in [0.3, 0.4) is 0 Å². The van der Waals surface area contributed by atoms with E-state index in [4.69, 9.17) is 9.15 Å². The molecule has 0 amide bonds. The molecule has 0 N–H and O–H groups in total. The summed E-state index contributed by atoms with van der Waals surface area (Å²) in [4.78, 5) is 0.743. The van der Waals surface area contributed by atoms with Gasteiger partial charge in [0, 0.05) is 5.56 Å². The van der Waals surface area contributed by atoms with Crippen LogP contribution in [0.2, 0.25) is 0 Å². The lowest BCUT2D eigenvalue weighted by atomic mass is 10.2. The molecule has 0 aliphatic heterocycles. The van der Waals surface area contributed by atoms with Crippen molar-refractivity contribution >= 4 is 16.3 Å². The standard InChI is InChI=1S/C17H14N4O2S/c1-3-9-23-13-6-4-12(5-7-13)16-20-21-15(18-19-17(21)24-16)14-8-10-22-11(14)2/h3-8,10H,1,9H2,2H3. The number of aromatic nitrogens is 4. The normalized spacial score (nSPS) is 11.0. The molecule has 120 valence electrons. The average Bonchev–Trinajstić information content (AvgIpc) is 3.29. The second-order valence-corrected chi connectivity index (χ2v) is 6.10. The minimum Gasteiger partial charge on any atom is -0.490 e. The van der Waals surface area contributed by atoms with Crippen LogP contribution in [0, 0.1) is 6.92 Å². The van der Waals surface area contributed by atoms with E-state index in [1.165, 1.54) is 11.3 Å². The van der Waals surface area contributed by atoms with E-state index in [2.05, 4.69) is 21.9 Å². The first-order valence-corrected chi connectivity index (χ1v) is 8.19. The highest BCUT2D eigenvalue weighted by atomic mass is 32.1. The van der Waals surface area contributed by atoms with Gasteiger partial charge in [-0.3, -0.25) is 0 Å². The van der Waals surface area contributed by atoms with E-state index >= 15 is 0 Å². The molecule has 0 spiro atoms. The Morgan fingerprint density at radius 1 is 1.25 bits per heavy atom. The van der Waals surface area contributed by atoms with Gasteiger partial charge in [-0.15, -0.1) is 10.2 Å². The monoisotopic (exact) mass is 338 g/mol. The van der Waals surface area contributed by atoms with Crippen LogP contribution < -0.4 is 4.74 Å². The predicted octanol–water partition coefficient (Wildman–Crippen LogP) is 3.99. The zero-order chi connectivity index (χ0) is 16.5. The van der Waals surface area contributed by atoms with Crippen molar-refractivity contribution in [1.29, 1.82) is 0 Å². The summed E-state index contributed by atoms with van der Waals surface area (Å²) in [5.41, 5.74) is 1.90. The number of furan rings is 1. The second kappa shape index (κ2) is 5.93. The van der Waals surface area contributed by atoms with E-state index in [1.807, 2.05) is 37.3 Å². The van der Waals surface area contributed by atoms with Gasteiger partial charge < -0.3 is 9.15 Å². The highest BCUT2D eigenvalue weighted by Crippen LogP contribution is 2.30. The summed E-state index contributed by atoms with van der Waals surface area (Å²) < 4.78 is 12.6. The largest absolute Gasteiger partial charge is 0.490 e. The molecule has 0 saturated carbocycles. The van der Waals surface area contributed by atoms with E-state index in [1.54, 1.807) is 16.9 Å². The first-order valence-electron chi connectivity index (χ1n) is 7.37. The lowest BCUT2D eigenvalue weighted by Gasteiger charge is -2.03. The Balaban J connectivity index is 1.69. The van der Waals surface area contributed by atoms with Crippen molar-refractivity contribution in [2.45, 2.75) is 6.92 Å². The smallest absolute Gasteiger partial charge is 0.235 e. The number of aryl methyl sites for hydroxylation is 1. The Morgan fingerprint density at radius 2 is 2.08 bits per heavy atom. The zero-order valence-electron chi connectivity index (χ0n) is 13.0. The van der Waals surface area contributed by atoms with Crippen LogP contribution in [0.25, 0.3) is 26.9 Å². The first kappa shape index (κ1) is 14.6. The molecule has 3 heterocycles. The van der Waals surface area contributed by atoms with Crippen molar-refractivity contribution in [3.05, 3.63) is 55.0 Å². The van der Waals surface area contributed by atoms with Crippen molar-refractivity contribution in [3.63, 3.8) is 0 Å². The van der Waals surface area contributed by atoms with Crippen LogP contribution in [0.1, 0.15) is 5.76 Å². The first-order chi connectivity index (χ1) is 11.8. The molecule has 6 nitrogen and oxygen atoms in total. The molecule has 0 radical (unpaired) electrons. The fraction of sp³-hybridized carbons (Fsp3) is 0.118. The molecule has 0 atom stereocenters. The molecular formula is C17H14N4O2S.